The highest BCUT2D eigenvalue weighted by molar-refractivity contribution is 7.13. The summed E-state index contributed by atoms with van der Waals surface area (Å²) in [6.45, 7) is 0.582. The summed E-state index contributed by atoms with van der Waals surface area (Å²) < 4.78 is 12.3. The monoisotopic (exact) mass is 489 g/mol. The second-order valence-corrected chi connectivity index (χ2v) is 8.30. The van der Waals surface area contributed by atoms with Crippen LogP contribution in [0.4, 0.5) is 5.13 Å². The van der Waals surface area contributed by atoms with Gasteiger partial charge in [-0.1, -0.05) is 12.1 Å². The number of aliphatic hydroxyl groups excluding tert-OH is 2. The van der Waals surface area contributed by atoms with Crippen LogP contribution in [0, 0.1) is 0 Å². The molecule has 0 spiro atoms. The van der Waals surface area contributed by atoms with Gasteiger partial charge < -0.3 is 30.7 Å². The molecule has 14 heteroatoms. The molecule has 2 aromatic heterocycles. The van der Waals surface area contributed by atoms with Crippen molar-refractivity contribution in [2.75, 3.05) is 18.5 Å². The van der Waals surface area contributed by atoms with Crippen molar-refractivity contribution in [1.82, 2.24) is 25.1 Å². The van der Waals surface area contributed by atoms with E-state index in [4.69, 9.17) is 15.2 Å². The number of primary amides is 1. The first-order valence-corrected chi connectivity index (χ1v) is 11.1. The van der Waals surface area contributed by atoms with Gasteiger partial charge in [-0.05, 0) is 17.7 Å². The number of thiazole rings is 1. The van der Waals surface area contributed by atoms with Crippen LogP contribution < -0.4 is 21.1 Å². The number of amides is 2. The van der Waals surface area contributed by atoms with Crippen molar-refractivity contribution in [2.45, 2.75) is 31.1 Å². The predicted molar refractivity (Wildman–Crippen MR) is 119 cm³/mol. The van der Waals surface area contributed by atoms with Crippen LogP contribution in [0.2, 0.25) is 0 Å². The van der Waals surface area contributed by atoms with Gasteiger partial charge in [0.2, 0.25) is 5.82 Å². The zero-order valence-corrected chi connectivity index (χ0v) is 18.6. The molecular formula is C20H23N7O6S. The molecule has 34 heavy (non-hydrogen) atoms. The molecule has 3 heterocycles. The zero-order chi connectivity index (χ0) is 24.1. The van der Waals surface area contributed by atoms with E-state index in [1.54, 1.807) is 23.7 Å². The number of nitrogens with zero attached hydrogens (tertiary/aromatic N) is 4. The molecule has 0 aliphatic carbocycles. The average Bonchev–Trinajstić information content (AvgIpc) is 3.57. The molecule has 2 amide bonds. The van der Waals surface area contributed by atoms with Crippen molar-refractivity contribution in [3.63, 3.8) is 0 Å². The Labute approximate surface area is 197 Å². The minimum Gasteiger partial charge on any atom is -0.484 e. The normalized spacial score (nSPS) is 21.9. The van der Waals surface area contributed by atoms with Crippen LogP contribution in [-0.4, -0.2) is 73.2 Å². The third-order valence-electron chi connectivity index (χ3n) is 4.97. The second kappa shape index (κ2) is 10.7. The van der Waals surface area contributed by atoms with E-state index in [-0.39, 0.29) is 24.9 Å². The minimum absolute atomic E-state index is 0.135. The first-order chi connectivity index (χ1) is 16.4. The van der Waals surface area contributed by atoms with E-state index in [1.165, 1.54) is 17.7 Å². The van der Waals surface area contributed by atoms with Gasteiger partial charge in [-0.15, -0.1) is 16.4 Å². The first kappa shape index (κ1) is 23.7. The van der Waals surface area contributed by atoms with E-state index in [0.29, 0.717) is 17.4 Å². The van der Waals surface area contributed by atoms with Gasteiger partial charge in [-0.25, -0.2) is 14.6 Å². The van der Waals surface area contributed by atoms with E-state index in [0.717, 1.165) is 10.2 Å². The average molecular weight is 490 g/mol. The van der Waals surface area contributed by atoms with Gasteiger partial charge in [0.25, 0.3) is 11.8 Å². The Bertz CT molecular complexity index is 1110. The van der Waals surface area contributed by atoms with Crippen LogP contribution >= 0.6 is 11.3 Å². The zero-order valence-electron chi connectivity index (χ0n) is 17.8. The molecule has 1 aromatic carbocycles. The Morgan fingerprint density at radius 2 is 2.00 bits per heavy atom. The summed E-state index contributed by atoms with van der Waals surface area (Å²) in [5.41, 5.74) is 6.07. The largest absolute Gasteiger partial charge is 0.484 e. The number of rotatable bonds is 10. The summed E-state index contributed by atoms with van der Waals surface area (Å²) in [5.74, 6) is -0.769. The van der Waals surface area contributed by atoms with Crippen LogP contribution in [0.15, 0.2) is 42.2 Å². The van der Waals surface area contributed by atoms with Crippen LogP contribution in [0.3, 0.4) is 0 Å². The number of ether oxygens (including phenoxy) is 2. The van der Waals surface area contributed by atoms with Crippen LogP contribution in [0.1, 0.15) is 22.4 Å². The van der Waals surface area contributed by atoms with Gasteiger partial charge in [0, 0.05) is 24.7 Å². The molecule has 1 aliphatic heterocycles. The molecule has 180 valence electrons. The molecule has 0 unspecified atom stereocenters. The number of hydrogen-bond acceptors (Lipinski definition) is 11. The van der Waals surface area contributed by atoms with Gasteiger partial charge in [-0.2, -0.15) is 0 Å². The van der Waals surface area contributed by atoms with Crippen LogP contribution in [0.5, 0.6) is 5.75 Å². The minimum atomic E-state index is -1.25. The summed E-state index contributed by atoms with van der Waals surface area (Å²) in [6, 6.07) is 7.17. The highest BCUT2D eigenvalue weighted by Gasteiger charge is 2.44. The lowest BCUT2D eigenvalue weighted by Gasteiger charge is -2.15. The van der Waals surface area contributed by atoms with Gasteiger partial charge in [0.1, 0.15) is 30.4 Å². The Balaban J connectivity index is 1.21. The Morgan fingerprint density at radius 1 is 1.21 bits per heavy atom. The molecule has 0 bridgehead atoms. The number of nitrogens with one attached hydrogen (secondary N) is 2. The topological polar surface area (TPSA) is 187 Å². The fourth-order valence-corrected chi connectivity index (χ4v) is 3.82. The van der Waals surface area contributed by atoms with E-state index in [1.807, 2.05) is 12.1 Å². The molecule has 6 N–H and O–H groups in total. The highest BCUT2D eigenvalue weighted by atomic mass is 32.1. The fourth-order valence-electron chi connectivity index (χ4n) is 3.28. The predicted octanol–water partition coefficient (Wildman–Crippen LogP) is -0.740. The number of anilines is 1. The quantitative estimate of drug-likeness (QED) is 0.243. The Morgan fingerprint density at radius 3 is 2.68 bits per heavy atom. The summed E-state index contributed by atoms with van der Waals surface area (Å²) in [5, 5.41) is 32.5. The van der Waals surface area contributed by atoms with E-state index in [9.17, 15) is 19.8 Å². The van der Waals surface area contributed by atoms with Gasteiger partial charge in [0.05, 0.1) is 0 Å². The maximum Gasteiger partial charge on any atom is 0.288 e. The highest BCUT2D eigenvalue weighted by Crippen LogP contribution is 2.28. The number of hydrogen-bond donors (Lipinski definition) is 5. The third-order valence-corrected chi connectivity index (χ3v) is 5.66. The summed E-state index contributed by atoms with van der Waals surface area (Å²) in [6.07, 6.45) is -1.30. The van der Waals surface area contributed by atoms with E-state index < -0.39 is 30.4 Å². The number of aromatic nitrogens is 4. The number of carbonyl (C=O) groups excluding carboxylic acids is 2. The SMILES string of the molecule is NC(=O)c1ncn([C@@H]2O[C@H](CNCc3ccc(OCC(=O)Nc4nccs4)cc3)[C@@H](O)[C@H]2O)n1. The molecule has 3 aromatic rings. The lowest BCUT2D eigenvalue weighted by molar-refractivity contribution is -0.118. The van der Waals surface area contributed by atoms with E-state index >= 15 is 0 Å². The van der Waals surface area contributed by atoms with Crippen molar-refractivity contribution < 1.29 is 29.3 Å². The molecule has 0 radical (unpaired) electrons. The second-order valence-electron chi connectivity index (χ2n) is 7.41. The molecule has 4 rings (SSSR count). The lowest BCUT2D eigenvalue weighted by Crippen LogP contribution is -2.37. The van der Waals surface area contributed by atoms with Crippen LogP contribution in [-0.2, 0) is 16.1 Å². The smallest absolute Gasteiger partial charge is 0.288 e. The molecule has 4 atom stereocenters. The summed E-state index contributed by atoms with van der Waals surface area (Å²) >= 11 is 1.32. The number of aliphatic hydroxyl groups is 2. The molecular weight excluding hydrogens is 466 g/mol. The number of benzene rings is 1. The lowest BCUT2D eigenvalue weighted by atomic mass is 10.1. The third kappa shape index (κ3) is 5.73. The van der Waals surface area contributed by atoms with Crippen molar-refractivity contribution in [1.29, 1.82) is 0 Å². The molecule has 0 saturated carbocycles. The maximum absolute atomic E-state index is 11.9. The Hall–Kier alpha value is -3.43. The van der Waals surface area contributed by atoms with Gasteiger partial charge >= 0.3 is 0 Å². The molecule has 13 nitrogen and oxygen atoms in total. The van der Waals surface area contributed by atoms with Gasteiger partial charge in [0.15, 0.2) is 18.0 Å². The Kier molecular flexibility index (Phi) is 7.44. The van der Waals surface area contributed by atoms with Crippen LogP contribution in [0.25, 0.3) is 0 Å². The first-order valence-electron chi connectivity index (χ1n) is 10.2. The fraction of sp³-hybridized carbons (Fsp3) is 0.350. The molecule has 1 aliphatic rings. The van der Waals surface area contributed by atoms with Crippen molar-refractivity contribution >= 4 is 28.3 Å². The van der Waals surface area contributed by atoms with Crippen molar-refractivity contribution in [3.05, 3.63) is 53.6 Å². The molecule has 1 fully saturated rings. The standard InChI is InChI=1S/C20H23N7O6S/c21-17(31)18-24-10-27(26-18)19-16(30)15(29)13(33-19)8-22-7-11-1-3-12(4-2-11)32-9-14(28)25-20-23-5-6-34-20/h1-6,10,13,15-16,19,22,29-30H,7-9H2,(H2,21,31)(H,23,25,28)/t13-,15-,16-,19-/m1/s1. The number of carbonyl (C=O) groups is 2. The van der Waals surface area contributed by atoms with Crippen molar-refractivity contribution in [3.8, 4) is 5.75 Å². The van der Waals surface area contributed by atoms with Gasteiger partial charge in [-0.3, -0.25) is 14.9 Å². The van der Waals surface area contributed by atoms with Crippen molar-refractivity contribution in [2.24, 2.45) is 5.73 Å². The van der Waals surface area contributed by atoms with E-state index in [2.05, 4.69) is 25.7 Å². The summed E-state index contributed by atoms with van der Waals surface area (Å²) in [7, 11) is 0. The number of nitrogens with two attached hydrogens (primary N) is 1. The maximum atomic E-state index is 11.9. The summed E-state index contributed by atoms with van der Waals surface area (Å²) in [4.78, 5) is 30.7. The molecule has 1 saturated heterocycles.